The van der Waals surface area contributed by atoms with Crippen molar-refractivity contribution >= 4 is 71.2 Å². The van der Waals surface area contributed by atoms with Gasteiger partial charge in [-0.3, -0.25) is 0 Å². The summed E-state index contributed by atoms with van der Waals surface area (Å²) < 4.78 is 2.41. The number of anilines is 3. The average molecular weight is 611 g/mol. The van der Waals surface area contributed by atoms with Gasteiger partial charge in [0.05, 0.1) is 22.4 Å². The Balaban J connectivity index is 1.17. The van der Waals surface area contributed by atoms with Gasteiger partial charge in [-0.2, -0.15) is 0 Å². The van der Waals surface area contributed by atoms with Gasteiger partial charge in [-0.05, 0) is 81.2 Å². The number of fused-ring (bicyclic) bond motifs is 2. The summed E-state index contributed by atoms with van der Waals surface area (Å²) in [6.07, 6.45) is 0. The van der Waals surface area contributed by atoms with E-state index in [2.05, 4.69) is 191 Å². The molecule has 0 saturated carbocycles. The van der Waals surface area contributed by atoms with Crippen LogP contribution < -0.4 is 4.90 Å². The third kappa shape index (κ3) is 4.00. The standard InChI is InChI=1S/C46H30N2/c1-2-16-35(17-3-1)48-43-22-10-15-34-25-28-40-37(29-30-44(48)46(40)45(34)43)33-23-26-36(27-24-33)47(41-20-8-13-31-11-4-6-18-38(31)41)42-21-9-14-32-12-5-7-19-39(32)42/h1-30H. The van der Waals surface area contributed by atoms with Crippen LogP contribution in [0.5, 0.6) is 0 Å². The lowest BCUT2D eigenvalue weighted by Crippen LogP contribution is -2.11. The molecule has 0 aliphatic rings. The normalized spacial score (nSPS) is 11.8. The van der Waals surface area contributed by atoms with E-state index in [0.717, 1.165) is 17.1 Å². The molecule has 0 aliphatic heterocycles. The molecule has 0 bridgehead atoms. The van der Waals surface area contributed by atoms with Gasteiger partial charge in [0.1, 0.15) is 0 Å². The summed E-state index contributed by atoms with van der Waals surface area (Å²) in [6, 6.07) is 66.2. The minimum Gasteiger partial charge on any atom is -0.309 e. The van der Waals surface area contributed by atoms with Crippen LogP contribution >= 0.6 is 0 Å². The number of aromatic nitrogens is 1. The van der Waals surface area contributed by atoms with Crippen molar-refractivity contribution in [2.75, 3.05) is 4.90 Å². The molecule has 0 amide bonds. The first-order chi connectivity index (χ1) is 23.8. The maximum atomic E-state index is 2.42. The number of benzene rings is 9. The summed E-state index contributed by atoms with van der Waals surface area (Å²) in [5.74, 6) is 0. The highest BCUT2D eigenvalue weighted by atomic mass is 15.1. The average Bonchev–Trinajstić information content (AvgIpc) is 3.50. The van der Waals surface area contributed by atoms with Gasteiger partial charge in [-0.15, -0.1) is 0 Å². The minimum absolute atomic E-state index is 1.12. The van der Waals surface area contributed by atoms with Gasteiger partial charge in [0, 0.05) is 32.9 Å². The van der Waals surface area contributed by atoms with Gasteiger partial charge < -0.3 is 9.47 Å². The molecule has 1 aromatic heterocycles. The van der Waals surface area contributed by atoms with E-state index in [1.54, 1.807) is 0 Å². The van der Waals surface area contributed by atoms with Crippen molar-refractivity contribution in [2.45, 2.75) is 0 Å². The first-order valence-corrected chi connectivity index (χ1v) is 16.5. The molecule has 9 aromatic carbocycles. The molecule has 0 aliphatic carbocycles. The first kappa shape index (κ1) is 26.8. The molecule has 0 unspecified atom stereocenters. The van der Waals surface area contributed by atoms with Crippen LogP contribution in [0.25, 0.3) is 70.9 Å². The lowest BCUT2D eigenvalue weighted by atomic mass is 9.94. The fraction of sp³-hybridized carbons (Fsp3) is 0. The van der Waals surface area contributed by atoms with E-state index in [-0.39, 0.29) is 0 Å². The fourth-order valence-electron chi connectivity index (χ4n) is 7.80. The predicted molar refractivity (Wildman–Crippen MR) is 205 cm³/mol. The number of hydrogen-bond acceptors (Lipinski definition) is 1. The summed E-state index contributed by atoms with van der Waals surface area (Å²) in [5, 5.41) is 10.1. The summed E-state index contributed by atoms with van der Waals surface area (Å²) in [4.78, 5) is 2.42. The summed E-state index contributed by atoms with van der Waals surface area (Å²) >= 11 is 0. The highest BCUT2D eigenvalue weighted by molar-refractivity contribution is 6.26. The van der Waals surface area contributed by atoms with Gasteiger partial charge in [0.2, 0.25) is 0 Å². The van der Waals surface area contributed by atoms with E-state index >= 15 is 0 Å². The molecule has 0 fully saturated rings. The maximum absolute atomic E-state index is 2.42. The van der Waals surface area contributed by atoms with Crippen LogP contribution in [0.4, 0.5) is 17.1 Å². The number of rotatable bonds is 5. The second-order valence-electron chi connectivity index (χ2n) is 12.5. The van der Waals surface area contributed by atoms with Crippen molar-refractivity contribution in [3.8, 4) is 16.8 Å². The van der Waals surface area contributed by atoms with Crippen molar-refractivity contribution in [1.82, 2.24) is 4.57 Å². The largest absolute Gasteiger partial charge is 0.309 e. The van der Waals surface area contributed by atoms with Crippen LogP contribution in [0.2, 0.25) is 0 Å². The van der Waals surface area contributed by atoms with Crippen LogP contribution in [0.15, 0.2) is 182 Å². The van der Waals surface area contributed by atoms with Crippen molar-refractivity contribution < 1.29 is 0 Å². The fourth-order valence-corrected chi connectivity index (χ4v) is 7.80. The Bertz CT molecular complexity index is 2680. The van der Waals surface area contributed by atoms with Crippen LogP contribution in [0, 0.1) is 0 Å². The Morgan fingerprint density at radius 1 is 0.354 bits per heavy atom. The molecule has 10 aromatic rings. The zero-order chi connectivity index (χ0) is 31.6. The molecular formula is C46H30N2. The molecule has 224 valence electrons. The highest BCUT2D eigenvalue weighted by Gasteiger charge is 2.20. The second kappa shape index (κ2) is 10.6. The van der Waals surface area contributed by atoms with E-state index in [9.17, 15) is 0 Å². The van der Waals surface area contributed by atoms with E-state index in [4.69, 9.17) is 0 Å². The van der Waals surface area contributed by atoms with Crippen molar-refractivity contribution in [3.63, 3.8) is 0 Å². The molecule has 48 heavy (non-hydrogen) atoms. The van der Waals surface area contributed by atoms with Crippen LogP contribution in [-0.4, -0.2) is 4.57 Å². The molecule has 0 spiro atoms. The van der Waals surface area contributed by atoms with Crippen molar-refractivity contribution in [2.24, 2.45) is 0 Å². The molecule has 0 N–H and O–H groups in total. The van der Waals surface area contributed by atoms with Crippen LogP contribution in [0.3, 0.4) is 0 Å². The quantitative estimate of drug-likeness (QED) is 0.176. The molecule has 2 nitrogen and oxygen atoms in total. The Morgan fingerprint density at radius 3 is 1.65 bits per heavy atom. The van der Waals surface area contributed by atoms with Crippen LogP contribution in [-0.2, 0) is 0 Å². The highest BCUT2D eigenvalue weighted by Crippen LogP contribution is 2.45. The lowest BCUT2D eigenvalue weighted by molar-refractivity contribution is 1.18. The SMILES string of the molecule is c1ccc(-n2c3cccc4ccc5c(-c6ccc(N(c7cccc8ccccc78)c7cccc8ccccc78)cc6)ccc2c5c43)cc1. The van der Waals surface area contributed by atoms with Gasteiger partial charge >= 0.3 is 0 Å². The third-order valence-corrected chi connectivity index (χ3v) is 9.93. The smallest absolute Gasteiger partial charge is 0.0547 e. The molecular weight excluding hydrogens is 581 g/mol. The van der Waals surface area contributed by atoms with Gasteiger partial charge in [0.25, 0.3) is 0 Å². The maximum Gasteiger partial charge on any atom is 0.0547 e. The monoisotopic (exact) mass is 610 g/mol. The zero-order valence-electron chi connectivity index (χ0n) is 26.2. The Labute approximate surface area is 278 Å². The molecule has 1 heterocycles. The number of nitrogens with zero attached hydrogens (tertiary/aromatic N) is 2. The molecule has 0 saturated heterocycles. The predicted octanol–water partition coefficient (Wildman–Crippen LogP) is 12.8. The van der Waals surface area contributed by atoms with Crippen molar-refractivity contribution in [3.05, 3.63) is 182 Å². The number of para-hydroxylation sites is 1. The molecule has 2 heteroatoms. The van der Waals surface area contributed by atoms with E-state index in [1.807, 2.05) is 0 Å². The van der Waals surface area contributed by atoms with E-state index < -0.39 is 0 Å². The van der Waals surface area contributed by atoms with E-state index in [1.165, 1.54) is 70.9 Å². The molecule has 0 atom stereocenters. The summed E-state index contributed by atoms with van der Waals surface area (Å²) in [5.41, 5.74) is 9.57. The summed E-state index contributed by atoms with van der Waals surface area (Å²) in [6.45, 7) is 0. The van der Waals surface area contributed by atoms with Crippen LogP contribution in [0.1, 0.15) is 0 Å². The van der Waals surface area contributed by atoms with Gasteiger partial charge in [-0.25, -0.2) is 0 Å². The zero-order valence-corrected chi connectivity index (χ0v) is 26.2. The molecule has 0 radical (unpaired) electrons. The Kier molecular flexibility index (Phi) is 5.91. The number of hydrogen-bond donors (Lipinski definition) is 0. The van der Waals surface area contributed by atoms with E-state index in [0.29, 0.717) is 0 Å². The first-order valence-electron chi connectivity index (χ1n) is 16.5. The lowest BCUT2D eigenvalue weighted by Gasteiger charge is -2.28. The molecule has 10 rings (SSSR count). The van der Waals surface area contributed by atoms with Gasteiger partial charge in [0.15, 0.2) is 0 Å². The Morgan fingerprint density at radius 2 is 0.938 bits per heavy atom. The van der Waals surface area contributed by atoms with Gasteiger partial charge in [-0.1, -0.05) is 133 Å². The minimum atomic E-state index is 1.12. The topological polar surface area (TPSA) is 8.17 Å². The third-order valence-electron chi connectivity index (χ3n) is 9.93. The van der Waals surface area contributed by atoms with Crippen molar-refractivity contribution in [1.29, 1.82) is 0 Å². The second-order valence-corrected chi connectivity index (χ2v) is 12.5. The summed E-state index contributed by atoms with van der Waals surface area (Å²) in [7, 11) is 0. The Hall–Kier alpha value is -6.38.